The van der Waals surface area contributed by atoms with E-state index in [1.54, 1.807) is 11.0 Å². The van der Waals surface area contributed by atoms with Crippen LogP contribution in [0.4, 0.5) is 0 Å². The molecule has 1 aliphatic heterocycles. The van der Waals surface area contributed by atoms with Gasteiger partial charge in [-0.1, -0.05) is 24.9 Å². The van der Waals surface area contributed by atoms with Gasteiger partial charge in [-0.05, 0) is 18.6 Å². The van der Waals surface area contributed by atoms with E-state index >= 15 is 0 Å². The lowest BCUT2D eigenvalue weighted by Gasteiger charge is -2.37. The maximum absolute atomic E-state index is 12.8. The fraction of sp³-hybridized carbons (Fsp3) is 0.471. The van der Waals surface area contributed by atoms with E-state index in [0.717, 1.165) is 6.42 Å². The van der Waals surface area contributed by atoms with Crippen LogP contribution in [0.25, 0.3) is 0 Å². The van der Waals surface area contributed by atoms with E-state index < -0.39 is 21.6 Å². The van der Waals surface area contributed by atoms with Crippen LogP contribution in [0.5, 0.6) is 0 Å². The van der Waals surface area contributed by atoms with E-state index in [1.807, 2.05) is 6.92 Å². The van der Waals surface area contributed by atoms with Crippen molar-refractivity contribution >= 4 is 33.2 Å². The number of Topliss-reactive ketones (excluding diaryl/α,β-unsaturated/α-hetero) is 2. The number of aromatic nitrogens is 1. The summed E-state index contributed by atoms with van der Waals surface area (Å²) in [5, 5.41) is -0.127. The number of piperazine rings is 1. The van der Waals surface area contributed by atoms with Crippen molar-refractivity contribution in [1.29, 1.82) is 0 Å². The number of sulfonamides is 1. The van der Waals surface area contributed by atoms with Crippen LogP contribution in [0.1, 0.15) is 40.6 Å². The summed E-state index contributed by atoms with van der Waals surface area (Å²) < 4.78 is 26.1. The van der Waals surface area contributed by atoms with Crippen LogP contribution in [0.2, 0.25) is 0 Å². The molecule has 0 bridgehead atoms. The number of nitrogens with zero attached hydrogens (tertiary/aromatic N) is 3. The average molecular weight is 398 g/mol. The van der Waals surface area contributed by atoms with Crippen LogP contribution in [0.3, 0.4) is 0 Å². The number of halogens is 1. The molecule has 1 aromatic heterocycles. The monoisotopic (exact) mass is 397 g/mol. The van der Waals surface area contributed by atoms with E-state index in [9.17, 15) is 18.0 Å². The molecule has 2 heterocycles. The van der Waals surface area contributed by atoms with Crippen LogP contribution in [-0.4, -0.2) is 66.1 Å². The Kier molecular flexibility index (Phi) is 5.45. The molecule has 0 unspecified atom stereocenters. The van der Waals surface area contributed by atoms with Crippen molar-refractivity contribution < 1.29 is 18.0 Å². The van der Waals surface area contributed by atoms with Crippen LogP contribution in [0, 0.1) is 0 Å². The van der Waals surface area contributed by atoms with Crippen LogP contribution in [0.15, 0.2) is 29.1 Å². The van der Waals surface area contributed by atoms with Crippen molar-refractivity contribution in [2.75, 3.05) is 31.9 Å². The molecule has 0 spiro atoms. The summed E-state index contributed by atoms with van der Waals surface area (Å²) in [7, 11) is -3.29. The molecule has 1 saturated heterocycles. The van der Waals surface area contributed by atoms with Crippen LogP contribution >= 0.6 is 11.6 Å². The first-order valence-electron chi connectivity index (χ1n) is 8.53. The Bertz CT molecular complexity index is 874. The first-order valence-corrected chi connectivity index (χ1v) is 10.5. The van der Waals surface area contributed by atoms with Crippen molar-refractivity contribution in [2.45, 2.75) is 19.8 Å². The molecule has 0 amide bonds. The van der Waals surface area contributed by atoms with Gasteiger partial charge in [-0.2, -0.15) is 4.31 Å². The Morgan fingerprint density at radius 1 is 1.15 bits per heavy atom. The lowest BCUT2D eigenvalue weighted by Crippen LogP contribution is -2.50. The lowest BCUT2D eigenvalue weighted by molar-refractivity contribution is 0.0929. The van der Waals surface area contributed by atoms with Gasteiger partial charge in [0.15, 0.2) is 0 Å². The van der Waals surface area contributed by atoms with E-state index in [1.165, 1.54) is 16.6 Å². The van der Waals surface area contributed by atoms with Crippen LogP contribution in [-0.2, 0) is 10.0 Å². The number of allylic oxidation sites excluding steroid dienone is 2. The Hall–Kier alpha value is -1.77. The van der Waals surface area contributed by atoms with Gasteiger partial charge in [0, 0.05) is 32.4 Å². The number of unbranched alkanes of at least 4 members (excludes halogenated alkanes) is 1. The molecular weight excluding hydrogens is 378 g/mol. The largest absolute Gasteiger partial charge is 0.364 e. The van der Waals surface area contributed by atoms with Gasteiger partial charge in [0.05, 0.1) is 11.3 Å². The zero-order valence-electron chi connectivity index (χ0n) is 14.4. The molecule has 0 radical (unpaired) electrons. The predicted octanol–water partition coefficient (Wildman–Crippen LogP) is 1.66. The molecule has 7 nitrogen and oxygen atoms in total. The van der Waals surface area contributed by atoms with Gasteiger partial charge in [-0.3, -0.25) is 14.6 Å². The standard InChI is InChI=1S/C17H20ClN3O4S/c1-2-3-11-26(24,25)21-9-7-20(8-10-21)15-13(18)16(22)12-5-4-6-19-14(12)17(15)23/h4-6H,2-3,7-11H2,1H3. The zero-order valence-corrected chi connectivity index (χ0v) is 16.0. The number of hydrogen-bond acceptors (Lipinski definition) is 6. The summed E-state index contributed by atoms with van der Waals surface area (Å²) >= 11 is 6.19. The zero-order chi connectivity index (χ0) is 18.9. The minimum absolute atomic E-state index is 0.0925. The van der Waals surface area contributed by atoms with E-state index in [0.29, 0.717) is 19.5 Å². The molecule has 0 N–H and O–H groups in total. The Balaban J connectivity index is 1.79. The second kappa shape index (κ2) is 7.46. The van der Waals surface area contributed by atoms with Crippen LogP contribution < -0.4 is 0 Å². The summed E-state index contributed by atoms with van der Waals surface area (Å²) in [4.78, 5) is 30.9. The predicted molar refractivity (Wildman–Crippen MR) is 97.6 cm³/mol. The maximum Gasteiger partial charge on any atom is 0.229 e. The highest BCUT2D eigenvalue weighted by molar-refractivity contribution is 7.89. The maximum atomic E-state index is 12.8. The minimum atomic E-state index is -3.29. The third-order valence-corrected chi connectivity index (χ3v) is 6.90. The fourth-order valence-electron chi connectivity index (χ4n) is 3.14. The minimum Gasteiger partial charge on any atom is -0.364 e. The second-order valence-corrected chi connectivity index (χ2v) is 8.74. The van der Waals surface area contributed by atoms with E-state index in [2.05, 4.69) is 4.98 Å². The molecule has 0 atom stereocenters. The number of carbonyl (C=O) groups excluding carboxylic acids is 2. The third kappa shape index (κ3) is 3.41. The first kappa shape index (κ1) is 19.0. The van der Waals surface area contributed by atoms with Crippen molar-refractivity contribution in [3.05, 3.63) is 40.3 Å². The summed E-state index contributed by atoms with van der Waals surface area (Å²) in [5.41, 5.74) is 0.412. The van der Waals surface area contributed by atoms with Gasteiger partial charge >= 0.3 is 0 Å². The number of fused-ring (bicyclic) bond motifs is 1. The fourth-order valence-corrected chi connectivity index (χ4v) is 5.07. The number of pyridine rings is 1. The molecule has 0 aromatic carbocycles. The number of rotatable bonds is 5. The van der Waals surface area contributed by atoms with Crippen molar-refractivity contribution in [2.24, 2.45) is 0 Å². The van der Waals surface area contributed by atoms with Crippen molar-refractivity contribution in [3.63, 3.8) is 0 Å². The smallest absolute Gasteiger partial charge is 0.229 e. The molecule has 140 valence electrons. The van der Waals surface area contributed by atoms with E-state index in [-0.39, 0.29) is 40.8 Å². The van der Waals surface area contributed by atoms with Crippen molar-refractivity contribution in [3.8, 4) is 0 Å². The lowest BCUT2D eigenvalue weighted by atomic mass is 9.96. The summed E-state index contributed by atoms with van der Waals surface area (Å²) in [6.45, 7) is 3.07. The van der Waals surface area contributed by atoms with Gasteiger partial charge in [0.25, 0.3) is 0 Å². The highest BCUT2D eigenvalue weighted by Gasteiger charge is 2.37. The van der Waals surface area contributed by atoms with Gasteiger partial charge in [0.1, 0.15) is 16.4 Å². The molecule has 9 heteroatoms. The normalized spacial score (nSPS) is 19.1. The molecular formula is C17H20ClN3O4S. The van der Waals surface area contributed by atoms with E-state index in [4.69, 9.17) is 11.6 Å². The Morgan fingerprint density at radius 3 is 2.50 bits per heavy atom. The highest BCUT2D eigenvalue weighted by Crippen LogP contribution is 2.30. The van der Waals surface area contributed by atoms with Gasteiger partial charge in [0.2, 0.25) is 21.6 Å². The topological polar surface area (TPSA) is 87.7 Å². The first-order chi connectivity index (χ1) is 12.4. The number of hydrogen-bond donors (Lipinski definition) is 0. The van der Waals surface area contributed by atoms with Gasteiger partial charge in [-0.25, -0.2) is 8.42 Å². The molecule has 1 fully saturated rings. The highest BCUT2D eigenvalue weighted by atomic mass is 35.5. The molecule has 1 aromatic rings. The second-order valence-electron chi connectivity index (χ2n) is 6.28. The molecule has 3 rings (SSSR count). The molecule has 26 heavy (non-hydrogen) atoms. The quantitative estimate of drug-likeness (QED) is 0.750. The molecule has 1 aliphatic carbocycles. The Morgan fingerprint density at radius 2 is 1.85 bits per heavy atom. The third-order valence-electron chi connectivity index (χ3n) is 4.59. The summed E-state index contributed by atoms with van der Waals surface area (Å²) in [6.07, 6.45) is 2.89. The summed E-state index contributed by atoms with van der Waals surface area (Å²) in [6, 6.07) is 3.11. The summed E-state index contributed by atoms with van der Waals surface area (Å²) in [5.74, 6) is -0.698. The molecule has 2 aliphatic rings. The SMILES string of the molecule is CCCCS(=O)(=O)N1CCN(C2=C(Cl)C(=O)c3cccnc3C2=O)CC1. The average Bonchev–Trinajstić information content (AvgIpc) is 2.65. The number of carbonyl (C=O) groups is 2. The number of ketones is 2. The van der Waals surface area contributed by atoms with Gasteiger partial charge in [-0.15, -0.1) is 0 Å². The Labute approximate surface area is 157 Å². The van der Waals surface area contributed by atoms with Crippen molar-refractivity contribution in [1.82, 2.24) is 14.2 Å². The molecule has 0 saturated carbocycles. The van der Waals surface area contributed by atoms with Gasteiger partial charge < -0.3 is 4.90 Å².